The van der Waals surface area contributed by atoms with E-state index in [0.29, 0.717) is 36.8 Å². The Morgan fingerprint density at radius 1 is 1.31 bits per heavy atom. The van der Waals surface area contributed by atoms with Crippen LogP contribution in [0.25, 0.3) is 11.5 Å². The predicted molar refractivity (Wildman–Crippen MR) is 120 cm³/mol. The van der Waals surface area contributed by atoms with Crippen LogP contribution in [0.15, 0.2) is 27.6 Å². The van der Waals surface area contributed by atoms with E-state index >= 15 is 0 Å². The summed E-state index contributed by atoms with van der Waals surface area (Å²) in [5.41, 5.74) is 6.99. The summed E-state index contributed by atoms with van der Waals surface area (Å²) >= 11 is 0. The minimum atomic E-state index is -3.01. The zero-order valence-corrected chi connectivity index (χ0v) is 19.3. The highest BCUT2D eigenvalue weighted by atomic mass is 19.3. The van der Waals surface area contributed by atoms with Crippen molar-refractivity contribution < 1.29 is 37.0 Å². The summed E-state index contributed by atoms with van der Waals surface area (Å²) in [4.78, 5) is 34.3. The normalized spacial score (nSPS) is 17.7. The minimum absolute atomic E-state index is 0.0303. The Bertz CT molecular complexity index is 1130. The number of benzene rings is 1. The second-order valence-electron chi connectivity index (χ2n) is 8.44. The highest BCUT2D eigenvalue weighted by Gasteiger charge is 2.31. The van der Waals surface area contributed by atoms with Crippen molar-refractivity contribution in [3.05, 3.63) is 29.7 Å². The first-order valence-electron chi connectivity index (χ1n) is 11.2. The van der Waals surface area contributed by atoms with E-state index in [-0.39, 0.29) is 35.4 Å². The van der Waals surface area contributed by atoms with Crippen molar-refractivity contribution in [1.29, 1.82) is 0 Å². The van der Waals surface area contributed by atoms with E-state index in [1.165, 1.54) is 30.2 Å². The zero-order chi connectivity index (χ0) is 25.1. The van der Waals surface area contributed by atoms with Gasteiger partial charge in [-0.25, -0.2) is 9.78 Å². The number of carbonyl (C=O) groups is 2. The first-order chi connectivity index (χ1) is 16.7. The van der Waals surface area contributed by atoms with Crippen LogP contribution in [0.3, 0.4) is 0 Å². The van der Waals surface area contributed by atoms with Gasteiger partial charge in [0.15, 0.2) is 23.0 Å². The molecule has 0 bridgehead atoms. The number of nitrogens with two attached hydrogens (primary N) is 1. The lowest BCUT2D eigenvalue weighted by molar-refractivity contribution is -0.0515. The molecule has 188 valence electrons. The fraction of sp³-hybridized carbons (Fsp3) is 0.478. The molecular formula is C23H26F2N4O6. The molecule has 0 radical (unpaired) electrons. The monoisotopic (exact) mass is 492 g/mol. The van der Waals surface area contributed by atoms with E-state index in [1.54, 1.807) is 6.92 Å². The number of aliphatic imine (C=N–C) groups is 1. The molecule has 2 fully saturated rings. The number of amides is 2. The maximum absolute atomic E-state index is 13.2. The summed E-state index contributed by atoms with van der Waals surface area (Å²) in [6, 6.07) is 3.68. The van der Waals surface area contributed by atoms with Crippen LogP contribution in [0.1, 0.15) is 48.5 Å². The van der Waals surface area contributed by atoms with E-state index in [9.17, 15) is 18.4 Å². The standard InChI is InChI=1S/C23H26F2N4O6/c1-12(26)19-18(21(30)29-8-7-15(10-29)27-23(31)32-2)28-20(35-19)14-5-6-16(34-22(24)25)17(9-14)33-11-13-3-4-13/h5-6,9,12-13,22H,3-4,7-8,10-11,26H2,1-2H3/t12-/m0/s1. The lowest BCUT2D eigenvalue weighted by atomic mass is 10.2. The van der Waals surface area contributed by atoms with Gasteiger partial charge >= 0.3 is 12.7 Å². The van der Waals surface area contributed by atoms with Crippen molar-refractivity contribution >= 4 is 17.7 Å². The molecule has 10 nitrogen and oxygen atoms in total. The SMILES string of the molecule is COC(=O)N=C1CCN(C(=O)c2nc(-c3ccc(OC(F)F)c(OCC4CC4)c3)oc2[C@H](C)N)C1. The number of methoxy groups -OCH3 is 1. The zero-order valence-electron chi connectivity index (χ0n) is 19.3. The van der Waals surface area contributed by atoms with Crippen LogP contribution in [0.2, 0.25) is 0 Å². The maximum atomic E-state index is 13.2. The Hall–Kier alpha value is -3.54. The molecule has 1 aromatic heterocycles. The minimum Gasteiger partial charge on any atom is -0.489 e. The van der Waals surface area contributed by atoms with Crippen LogP contribution in [0.5, 0.6) is 11.5 Å². The lowest BCUT2D eigenvalue weighted by Gasteiger charge is -2.14. The van der Waals surface area contributed by atoms with E-state index < -0.39 is 24.7 Å². The van der Waals surface area contributed by atoms with Crippen LogP contribution in [-0.4, -0.2) is 61.0 Å². The van der Waals surface area contributed by atoms with Gasteiger partial charge in [-0.3, -0.25) is 4.79 Å². The fourth-order valence-electron chi connectivity index (χ4n) is 3.59. The molecule has 2 amide bonds. The van der Waals surface area contributed by atoms with Crippen LogP contribution in [-0.2, 0) is 4.74 Å². The lowest BCUT2D eigenvalue weighted by Crippen LogP contribution is -2.30. The van der Waals surface area contributed by atoms with Crippen molar-refractivity contribution in [3.8, 4) is 23.0 Å². The molecule has 0 unspecified atom stereocenters. The molecule has 1 saturated heterocycles. The Morgan fingerprint density at radius 2 is 2.09 bits per heavy atom. The molecule has 0 spiro atoms. The molecule has 1 aliphatic heterocycles. The number of oxazole rings is 1. The largest absolute Gasteiger partial charge is 0.489 e. The van der Waals surface area contributed by atoms with Gasteiger partial charge in [0, 0.05) is 24.2 Å². The molecule has 1 aromatic carbocycles. The summed E-state index contributed by atoms with van der Waals surface area (Å²) in [6.07, 6.45) is 1.74. The third-order valence-corrected chi connectivity index (χ3v) is 5.60. The molecule has 1 aliphatic carbocycles. The van der Waals surface area contributed by atoms with Gasteiger partial charge in [0.2, 0.25) is 5.89 Å². The van der Waals surface area contributed by atoms with Gasteiger partial charge in [-0.2, -0.15) is 13.8 Å². The molecular weight excluding hydrogens is 466 g/mol. The predicted octanol–water partition coefficient (Wildman–Crippen LogP) is 3.80. The van der Waals surface area contributed by atoms with Crippen LogP contribution >= 0.6 is 0 Å². The smallest absolute Gasteiger partial charge is 0.433 e. The van der Waals surface area contributed by atoms with Gasteiger partial charge in [-0.05, 0) is 43.9 Å². The Balaban J connectivity index is 1.60. The summed E-state index contributed by atoms with van der Waals surface area (Å²) in [7, 11) is 1.23. The van der Waals surface area contributed by atoms with Gasteiger partial charge in [-0.1, -0.05) is 0 Å². The summed E-state index contributed by atoms with van der Waals surface area (Å²) < 4.78 is 46.3. The van der Waals surface area contributed by atoms with Gasteiger partial charge in [0.05, 0.1) is 26.3 Å². The summed E-state index contributed by atoms with van der Waals surface area (Å²) in [5.74, 6) is 0.257. The Labute approximate surface area is 200 Å². The van der Waals surface area contributed by atoms with Gasteiger partial charge < -0.3 is 29.3 Å². The number of alkyl halides is 2. The quantitative estimate of drug-likeness (QED) is 0.589. The van der Waals surface area contributed by atoms with E-state index in [4.69, 9.17) is 14.9 Å². The average Bonchev–Trinajstić information content (AvgIpc) is 3.35. The molecule has 2 heterocycles. The number of ether oxygens (including phenoxy) is 3. The maximum Gasteiger partial charge on any atom is 0.433 e. The van der Waals surface area contributed by atoms with Gasteiger partial charge in [0.25, 0.3) is 5.91 Å². The average molecular weight is 492 g/mol. The molecule has 35 heavy (non-hydrogen) atoms. The topological polar surface area (TPSA) is 129 Å². The highest BCUT2D eigenvalue weighted by Crippen LogP contribution is 2.37. The Morgan fingerprint density at radius 3 is 2.74 bits per heavy atom. The second kappa shape index (κ2) is 10.4. The number of hydrogen-bond acceptors (Lipinski definition) is 8. The van der Waals surface area contributed by atoms with Crippen LogP contribution in [0.4, 0.5) is 13.6 Å². The summed E-state index contributed by atoms with van der Waals surface area (Å²) in [5, 5.41) is 0. The number of hydrogen-bond donors (Lipinski definition) is 1. The molecule has 2 N–H and O–H groups in total. The number of likely N-dealkylation sites (tertiary alicyclic amines) is 1. The van der Waals surface area contributed by atoms with Crippen LogP contribution in [0, 0.1) is 5.92 Å². The number of rotatable bonds is 8. The number of aromatic nitrogens is 1. The molecule has 1 saturated carbocycles. The van der Waals surface area contributed by atoms with Crippen molar-refractivity contribution in [2.24, 2.45) is 16.6 Å². The summed E-state index contributed by atoms with van der Waals surface area (Å²) in [6.45, 7) is -0.485. The molecule has 1 atom stereocenters. The Kier molecular flexibility index (Phi) is 7.29. The van der Waals surface area contributed by atoms with E-state index in [2.05, 4.69) is 19.5 Å². The highest BCUT2D eigenvalue weighted by molar-refractivity contribution is 6.02. The van der Waals surface area contributed by atoms with Crippen molar-refractivity contribution in [3.63, 3.8) is 0 Å². The van der Waals surface area contributed by atoms with Gasteiger partial charge in [0.1, 0.15) is 0 Å². The third kappa shape index (κ3) is 5.94. The number of carbonyl (C=O) groups excluding carboxylic acids is 2. The van der Waals surface area contributed by atoms with Crippen LogP contribution < -0.4 is 15.2 Å². The van der Waals surface area contributed by atoms with Crippen molar-refractivity contribution in [2.75, 3.05) is 26.8 Å². The van der Waals surface area contributed by atoms with E-state index in [1.807, 2.05) is 0 Å². The second-order valence-corrected chi connectivity index (χ2v) is 8.44. The molecule has 12 heteroatoms. The molecule has 2 aliphatic rings. The third-order valence-electron chi connectivity index (χ3n) is 5.60. The number of nitrogens with zero attached hydrogens (tertiary/aromatic N) is 3. The molecule has 2 aromatic rings. The van der Waals surface area contributed by atoms with Crippen molar-refractivity contribution in [2.45, 2.75) is 38.8 Å². The van der Waals surface area contributed by atoms with Crippen molar-refractivity contribution in [1.82, 2.24) is 9.88 Å². The first-order valence-corrected chi connectivity index (χ1v) is 11.2. The molecule has 4 rings (SSSR count). The first kappa shape index (κ1) is 24.6. The van der Waals surface area contributed by atoms with E-state index in [0.717, 1.165) is 12.8 Å². The van der Waals surface area contributed by atoms with Gasteiger partial charge in [-0.15, -0.1) is 0 Å². The number of halogens is 2. The fourth-order valence-corrected chi connectivity index (χ4v) is 3.59.